The number of aromatic amines is 1. The van der Waals surface area contributed by atoms with E-state index in [0.29, 0.717) is 16.7 Å². The maximum absolute atomic E-state index is 13.3. The lowest BCUT2D eigenvalue weighted by Crippen LogP contribution is -2.24. The Morgan fingerprint density at radius 1 is 0.944 bits per heavy atom. The van der Waals surface area contributed by atoms with Gasteiger partial charge in [-0.25, -0.2) is 9.78 Å². The number of nitrogens with one attached hydrogen (secondary N) is 1. The van der Waals surface area contributed by atoms with Crippen LogP contribution in [0.25, 0.3) is 0 Å². The second-order valence-electron chi connectivity index (χ2n) is 7.45. The number of rotatable bonds is 10. The number of H-pyrrole nitrogens is 1. The molecule has 1 N–H and O–H groups in total. The molecule has 0 aliphatic rings. The Balaban J connectivity index is 2.01. The Hall–Kier alpha value is -3.43. The number of carbonyl (C=O) groups is 2. The Kier molecular flexibility index (Phi) is 9.44. The fourth-order valence-electron chi connectivity index (χ4n) is 3.41. The molecule has 0 amide bonds. The van der Waals surface area contributed by atoms with Crippen LogP contribution in [0.15, 0.2) is 60.9 Å². The number of benzene rings is 2. The van der Waals surface area contributed by atoms with Gasteiger partial charge in [-0.2, -0.15) is 8.78 Å². The summed E-state index contributed by atoms with van der Waals surface area (Å²) in [6.45, 7) is -1.89. The van der Waals surface area contributed by atoms with Crippen molar-refractivity contribution in [3.63, 3.8) is 0 Å². The van der Waals surface area contributed by atoms with E-state index in [0.717, 1.165) is 0 Å². The first-order valence-electron chi connectivity index (χ1n) is 10.6. The molecule has 0 aliphatic heterocycles. The van der Waals surface area contributed by atoms with Crippen LogP contribution in [0.4, 0.5) is 8.78 Å². The summed E-state index contributed by atoms with van der Waals surface area (Å²) in [6, 6.07) is 12.5. The van der Waals surface area contributed by atoms with E-state index in [1.165, 1.54) is 44.6 Å². The molecule has 0 radical (unpaired) electrons. The molecule has 2 aromatic carbocycles. The smallest absolute Gasteiger partial charge is 0.387 e. The molecular formula is C25H22Cl2F2NO6+. The van der Waals surface area contributed by atoms with Gasteiger partial charge in [0, 0.05) is 24.5 Å². The summed E-state index contributed by atoms with van der Waals surface area (Å²) in [5, 5.41) is 0.570. The maximum Gasteiger partial charge on any atom is 0.387 e. The molecule has 3 rings (SSSR count). The molecule has 7 nitrogen and oxygen atoms in total. The largest absolute Gasteiger partial charge is 0.493 e. The lowest BCUT2D eigenvalue weighted by atomic mass is 10.0. The Morgan fingerprint density at radius 2 is 1.61 bits per heavy atom. The maximum atomic E-state index is 13.3. The lowest BCUT2D eigenvalue weighted by Gasteiger charge is -2.23. The van der Waals surface area contributed by atoms with Gasteiger partial charge in [0.2, 0.25) is 6.10 Å². The highest BCUT2D eigenvalue weighted by Crippen LogP contribution is 2.36. The molecule has 0 aliphatic carbocycles. The molecule has 190 valence electrons. The number of aromatic nitrogens is 1. The topological polar surface area (TPSA) is 85.2 Å². The summed E-state index contributed by atoms with van der Waals surface area (Å²) < 4.78 is 46.3. The van der Waals surface area contributed by atoms with E-state index in [1.54, 1.807) is 30.3 Å². The zero-order valence-electron chi connectivity index (χ0n) is 19.2. The van der Waals surface area contributed by atoms with Gasteiger partial charge in [-0.05, 0) is 17.7 Å². The Morgan fingerprint density at radius 3 is 2.19 bits per heavy atom. The van der Waals surface area contributed by atoms with Crippen LogP contribution in [0, 0.1) is 0 Å². The molecule has 36 heavy (non-hydrogen) atoms. The average molecular weight is 541 g/mol. The summed E-state index contributed by atoms with van der Waals surface area (Å²) in [4.78, 5) is 27.8. The summed E-state index contributed by atoms with van der Waals surface area (Å²) in [5.74, 6) is -1.75. The number of methoxy groups -OCH3 is 1. The van der Waals surface area contributed by atoms with Crippen molar-refractivity contribution in [3.8, 4) is 11.5 Å². The van der Waals surface area contributed by atoms with Crippen LogP contribution in [0.2, 0.25) is 10.0 Å². The van der Waals surface area contributed by atoms with E-state index in [4.69, 9.17) is 37.4 Å². The third-order valence-corrected chi connectivity index (χ3v) is 5.69. The summed E-state index contributed by atoms with van der Waals surface area (Å²) >= 11 is 12.6. The SMILES string of the molecule is COc1cc([C@H](Cc2c(Cl)c[nH+]cc2Cl)OC(=O)[C@@H](OC(C)=O)c2ccccc2)ccc1OC(F)F. The van der Waals surface area contributed by atoms with Crippen LogP contribution in [0.1, 0.15) is 35.8 Å². The molecule has 0 unspecified atom stereocenters. The second-order valence-corrected chi connectivity index (χ2v) is 8.26. The van der Waals surface area contributed by atoms with Crippen LogP contribution in [0.5, 0.6) is 11.5 Å². The number of halogens is 4. The molecule has 11 heteroatoms. The molecular weight excluding hydrogens is 519 g/mol. The number of pyridine rings is 1. The van der Waals surface area contributed by atoms with Gasteiger partial charge in [-0.3, -0.25) is 4.79 Å². The van der Waals surface area contributed by atoms with E-state index >= 15 is 0 Å². The highest BCUT2D eigenvalue weighted by Gasteiger charge is 2.30. The van der Waals surface area contributed by atoms with Crippen LogP contribution in [-0.2, 0) is 25.5 Å². The first-order chi connectivity index (χ1) is 17.2. The highest BCUT2D eigenvalue weighted by molar-refractivity contribution is 6.35. The highest BCUT2D eigenvalue weighted by atomic mass is 35.5. The van der Waals surface area contributed by atoms with Crippen molar-refractivity contribution in [2.45, 2.75) is 32.2 Å². The van der Waals surface area contributed by atoms with Gasteiger partial charge in [-0.15, -0.1) is 0 Å². The van der Waals surface area contributed by atoms with E-state index < -0.39 is 30.8 Å². The third-order valence-electron chi connectivity index (χ3n) is 5.02. The van der Waals surface area contributed by atoms with Gasteiger partial charge >= 0.3 is 18.6 Å². The monoisotopic (exact) mass is 540 g/mol. The predicted molar refractivity (Wildman–Crippen MR) is 126 cm³/mol. The molecule has 3 aromatic rings. The summed E-state index contributed by atoms with van der Waals surface area (Å²) in [6.07, 6.45) is 0.662. The van der Waals surface area contributed by atoms with E-state index in [2.05, 4.69) is 9.72 Å². The van der Waals surface area contributed by atoms with Gasteiger partial charge in [0.1, 0.15) is 16.1 Å². The first kappa shape index (κ1) is 27.2. The van der Waals surface area contributed by atoms with E-state index in [-0.39, 0.29) is 28.0 Å². The van der Waals surface area contributed by atoms with Crippen LogP contribution >= 0.6 is 23.2 Å². The minimum atomic E-state index is -3.06. The molecule has 0 saturated carbocycles. The second kappa shape index (κ2) is 12.5. The minimum Gasteiger partial charge on any atom is -0.493 e. The number of alkyl halides is 2. The van der Waals surface area contributed by atoms with Crippen LogP contribution < -0.4 is 14.5 Å². The van der Waals surface area contributed by atoms with Crippen LogP contribution in [-0.4, -0.2) is 25.7 Å². The van der Waals surface area contributed by atoms with Gasteiger partial charge in [0.25, 0.3) is 0 Å². The van der Waals surface area contributed by atoms with Gasteiger partial charge in [0.05, 0.1) is 7.11 Å². The number of esters is 2. The molecule has 1 heterocycles. The Labute approximate surface area is 215 Å². The number of carbonyl (C=O) groups excluding carboxylic acids is 2. The van der Waals surface area contributed by atoms with Crippen LogP contribution in [0.3, 0.4) is 0 Å². The first-order valence-corrected chi connectivity index (χ1v) is 11.3. The normalized spacial score (nSPS) is 12.5. The third kappa shape index (κ3) is 7.05. The molecule has 0 fully saturated rings. The predicted octanol–water partition coefficient (Wildman–Crippen LogP) is 5.55. The van der Waals surface area contributed by atoms with Gasteiger partial charge < -0.3 is 18.9 Å². The quantitative estimate of drug-likeness (QED) is 0.313. The molecule has 0 bridgehead atoms. The Bertz CT molecular complexity index is 1190. The van der Waals surface area contributed by atoms with Crippen molar-refractivity contribution in [1.82, 2.24) is 0 Å². The summed E-state index contributed by atoms with van der Waals surface area (Å²) in [5.41, 5.74) is 1.24. The zero-order chi connectivity index (χ0) is 26.2. The fourth-order valence-corrected chi connectivity index (χ4v) is 3.94. The fraction of sp³-hybridized carbons (Fsp3) is 0.240. The number of ether oxygens (including phenoxy) is 4. The lowest BCUT2D eigenvalue weighted by molar-refractivity contribution is -0.377. The van der Waals surface area contributed by atoms with Gasteiger partial charge in [0.15, 0.2) is 23.9 Å². The standard InChI is InChI=1S/C25H21Cl2F2NO6/c1-14(31)34-23(15-6-4-3-5-7-15)24(32)35-21(11-17-18(26)12-30-13-19(17)27)16-8-9-20(36-25(28)29)22(10-16)33-2/h3-10,12-13,21,23,25H,11H2,1-2H3/p+1/t21-,23-/m0/s1. The van der Waals surface area contributed by atoms with Crippen molar-refractivity contribution >= 4 is 35.1 Å². The van der Waals surface area contributed by atoms with Crippen molar-refractivity contribution in [2.24, 2.45) is 0 Å². The van der Waals surface area contributed by atoms with Crippen molar-refractivity contribution in [3.05, 3.63) is 87.7 Å². The number of hydrogen-bond acceptors (Lipinski definition) is 6. The zero-order valence-corrected chi connectivity index (χ0v) is 20.7. The molecule has 0 saturated heterocycles. The molecule has 0 spiro atoms. The van der Waals surface area contributed by atoms with Gasteiger partial charge in [-0.1, -0.05) is 59.6 Å². The average Bonchev–Trinajstić information content (AvgIpc) is 2.84. The van der Waals surface area contributed by atoms with E-state index in [1.807, 2.05) is 0 Å². The van der Waals surface area contributed by atoms with Crippen molar-refractivity contribution in [1.29, 1.82) is 0 Å². The minimum absolute atomic E-state index is 0.00738. The molecule has 2 atom stereocenters. The van der Waals surface area contributed by atoms with Crippen molar-refractivity contribution < 1.29 is 42.3 Å². The number of hydrogen-bond donors (Lipinski definition) is 0. The summed E-state index contributed by atoms with van der Waals surface area (Å²) in [7, 11) is 1.28. The van der Waals surface area contributed by atoms with Crippen molar-refractivity contribution in [2.75, 3.05) is 7.11 Å². The van der Waals surface area contributed by atoms with E-state index in [9.17, 15) is 18.4 Å². The molecule has 1 aromatic heterocycles.